The van der Waals surface area contributed by atoms with Gasteiger partial charge in [0.2, 0.25) is 0 Å². The summed E-state index contributed by atoms with van der Waals surface area (Å²) in [7, 11) is 1.60. The molecule has 0 unspecified atom stereocenters. The van der Waals surface area contributed by atoms with Gasteiger partial charge in [0.25, 0.3) is 0 Å². The lowest BCUT2D eigenvalue weighted by molar-refractivity contribution is -0.246. The molecule has 4 rings (SSSR count). The first-order chi connectivity index (χ1) is 15.3. The number of halogens is 1. The summed E-state index contributed by atoms with van der Waals surface area (Å²) in [5.74, 6) is 0.955. The van der Waals surface area contributed by atoms with Crippen molar-refractivity contribution in [3.8, 4) is 11.5 Å². The Morgan fingerprint density at radius 2 is 1.88 bits per heavy atom. The van der Waals surface area contributed by atoms with Gasteiger partial charge < -0.3 is 24.4 Å². The van der Waals surface area contributed by atoms with Crippen LogP contribution in [0.25, 0.3) is 0 Å². The first-order valence-electron chi connectivity index (χ1n) is 11.1. The van der Waals surface area contributed by atoms with E-state index in [1.165, 1.54) is 12.1 Å². The molecule has 2 aliphatic rings. The number of benzene rings is 2. The monoisotopic (exact) mass is 445 g/mol. The molecule has 2 N–H and O–H groups in total. The fourth-order valence-corrected chi connectivity index (χ4v) is 4.73. The molecule has 174 valence electrons. The summed E-state index contributed by atoms with van der Waals surface area (Å²) < 4.78 is 30.8. The van der Waals surface area contributed by atoms with E-state index in [0.29, 0.717) is 37.4 Å². The van der Waals surface area contributed by atoms with Crippen LogP contribution in [0.2, 0.25) is 0 Å². The van der Waals surface area contributed by atoms with Gasteiger partial charge in [-0.25, -0.2) is 4.39 Å². The lowest BCUT2D eigenvalue weighted by Gasteiger charge is -2.51. The maximum Gasteiger partial charge on any atom is 0.161 e. The van der Waals surface area contributed by atoms with E-state index in [-0.39, 0.29) is 12.4 Å². The highest BCUT2D eigenvalue weighted by molar-refractivity contribution is 5.43. The summed E-state index contributed by atoms with van der Waals surface area (Å²) in [6, 6.07) is 12.2. The third-order valence-electron chi connectivity index (χ3n) is 6.71. The molecule has 2 fully saturated rings. The second-order valence-corrected chi connectivity index (χ2v) is 9.10. The summed E-state index contributed by atoms with van der Waals surface area (Å²) in [5, 5.41) is 21.2. The normalized spacial score (nSPS) is 25.6. The van der Waals surface area contributed by atoms with Crippen molar-refractivity contribution in [3.63, 3.8) is 0 Å². The van der Waals surface area contributed by atoms with Gasteiger partial charge >= 0.3 is 0 Å². The second-order valence-electron chi connectivity index (χ2n) is 9.10. The average Bonchev–Trinajstić information content (AvgIpc) is 2.78. The lowest BCUT2D eigenvalue weighted by atomic mass is 9.75. The smallest absolute Gasteiger partial charge is 0.161 e. The van der Waals surface area contributed by atoms with Crippen LogP contribution >= 0.6 is 0 Å². The number of aliphatic hydroxyl groups is 2. The number of likely N-dealkylation sites (tertiary alicyclic amines) is 1. The number of ether oxygens (including phenoxy) is 3. The third-order valence-corrected chi connectivity index (χ3v) is 6.71. The molecule has 2 aromatic carbocycles. The quantitative estimate of drug-likeness (QED) is 0.711. The van der Waals surface area contributed by atoms with Crippen LogP contribution in [0.1, 0.15) is 37.3 Å². The van der Waals surface area contributed by atoms with Crippen molar-refractivity contribution in [3.05, 3.63) is 59.4 Å². The molecule has 2 atom stereocenters. The molecule has 1 spiro atoms. The first-order valence-corrected chi connectivity index (χ1v) is 11.1. The highest BCUT2D eigenvalue weighted by atomic mass is 19.1. The molecule has 0 saturated carbocycles. The van der Waals surface area contributed by atoms with Crippen LogP contribution in [0.3, 0.4) is 0 Å². The van der Waals surface area contributed by atoms with Gasteiger partial charge in [0.15, 0.2) is 11.5 Å². The Balaban J connectivity index is 1.39. The van der Waals surface area contributed by atoms with Crippen LogP contribution in [-0.4, -0.2) is 59.2 Å². The molecular weight excluding hydrogens is 413 g/mol. The van der Waals surface area contributed by atoms with E-state index in [4.69, 9.17) is 14.2 Å². The number of methoxy groups -OCH3 is 1. The molecule has 6 nitrogen and oxygen atoms in total. The van der Waals surface area contributed by atoms with E-state index >= 15 is 0 Å². The minimum atomic E-state index is -1.11. The van der Waals surface area contributed by atoms with Gasteiger partial charge in [0, 0.05) is 26.1 Å². The summed E-state index contributed by atoms with van der Waals surface area (Å²) in [5.41, 5.74) is 0.0515. The number of rotatable bonds is 6. The molecule has 2 aromatic rings. The molecule has 2 saturated heterocycles. The zero-order valence-corrected chi connectivity index (χ0v) is 18.7. The zero-order chi connectivity index (χ0) is 22.8. The van der Waals surface area contributed by atoms with Crippen molar-refractivity contribution in [2.24, 2.45) is 0 Å². The Labute approximate surface area is 188 Å². The Kier molecular flexibility index (Phi) is 6.72. The number of piperidine rings is 1. The van der Waals surface area contributed by atoms with Crippen molar-refractivity contribution < 1.29 is 28.8 Å². The van der Waals surface area contributed by atoms with Crippen molar-refractivity contribution >= 4 is 0 Å². The minimum absolute atomic E-state index is 0.249. The predicted octanol–water partition coefficient (Wildman–Crippen LogP) is 3.28. The summed E-state index contributed by atoms with van der Waals surface area (Å²) >= 11 is 0. The summed E-state index contributed by atoms with van der Waals surface area (Å²) in [6.45, 7) is 4.66. The maximum absolute atomic E-state index is 13.4. The van der Waals surface area contributed by atoms with Crippen molar-refractivity contribution in [1.82, 2.24) is 4.90 Å². The van der Waals surface area contributed by atoms with E-state index in [2.05, 4.69) is 4.90 Å². The van der Waals surface area contributed by atoms with Gasteiger partial charge in [0.05, 0.1) is 24.9 Å². The summed E-state index contributed by atoms with van der Waals surface area (Å²) in [6.07, 6.45) is 0.908. The van der Waals surface area contributed by atoms with Crippen molar-refractivity contribution in [2.75, 3.05) is 26.8 Å². The molecule has 7 heteroatoms. The largest absolute Gasteiger partial charge is 0.493 e. The number of nitrogens with zero attached hydrogens (tertiary/aromatic N) is 1. The van der Waals surface area contributed by atoms with Gasteiger partial charge in [-0.1, -0.05) is 18.2 Å². The predicted molar refractivity (Wildman–Crippen MR) is 118 cm³/mol. The van der Waals surface area contributed by atoms with Gasteiger partial charge in [-0.15, -0.1) is 0 Å². The van der Waals surface area contributed by atoms with Crippen molar-refractivity contribution in [2.45, 2.75) is 56.6 Å². The van der Waals surface area contributed by atoms with Crippen LogP contribution in [0.4, 0.5) is 4.39 Å². The topological polar surface area (TPSA) is 71.4 Å². The molecule has 32 heavy (non-hydrogen) atoms. The lowest BCUT2D eigenvalue weighted by Crippen LogP contribution is -2.64. The van der Waals surface area contributed by atoms with E-state index < -0.39 is 17.3 Å². The fourth-order valence-electron chi connectivity index (χ4n) is 4.73. The van der Waals surface area contributed by atoms with E-state index in [1.54, 1.807) is 20.1 Å². The average molecular weight is 446 g/mol. The Morgan fingerprint density at radius 3 is 2.59 bits per heavy atom. The Morgan fingerprint density at radius 1 is 1.09 bits per heavy atom. The third kappa shape index (κ3) is 4.91. The molecule has 2 aliphatic heterocycles. The highest BCUT2D eigenvalue weighted by Crippen LogP contribution is 2.40. The maximum atomic E-state index is 13.4. The van der Waals surface area contributed by atoms with Crippen LogP contribution in [0.15, 0.2) is 42.5 Å². The zero-order valence-electron chi connectivity index (χ0n) is 18.7. The minimum Gasteiger partial charge on any atom is -0.493 e. The number of hydrogen-bond acceptors (Lipinski definition) is 6. The molecule has 0 aromatic heterocycles. The van der Waals surface area contributed by atoms with E-state index in [1.807, 2.05) is 24.3 Å². The van der Waals surface area contributed by atoms with Crippen LogP contribution < -0.4 is 9.47 Å². The molecule has 0 amide bonds. The van der Waals surface area contributed by atoms with E-state index in [9.17, 15) is 14.6 Å². The van der Waals surface area contributed by atoms with Crippen LogP contribution in [-0.2, 0) is 17.9 Å². The molecule has 2 heterocycles. The molecule has 0 bridgehead atoms. The fraction of sp³-hybridized carbons (Fsp3) is 0.520. The molecular formula is C25H32FNO5. The molecule has 0 aliphatic carbocycles. The van der Waals surface area contributed by atoms with Crippen molar-refractivity contribution in [1.29, 1.82) is 0 Å². The van der Waals surface area contributed by atoms with Crippen LogP contribution in [0, 0.1) is 5.82 Å². The van der Waals surface area contributed by atoms with E-state index in [0.717, 1.165) is 30.8 Å². The second kappa shape index (κ2) is 9.35. The van der Waals surface area contributed by atoms with Gasteiger partial charge in [-0.05, 0) is 55.2 Å². The highest BCUT2D eigenvalue weighted by Gasteiger charge is 2.52. The van der Waals surface area contributed by atoms with Gasteiger partial charge in [0.1, 0.15) is 18.5 Å². The van der Waals surface area contributed by atoms with Gasteiger partial charge in [-0.3, -0.25) is 4.90 Å². The Hall–Kier alpha value is -2.19. The number of aliphatic hydroxyl groups excluding tert-OH is 1. The van der Waals surface area contributed by atoms with Crippen LogP contribution in [0.5, 0.6) is 11.5 Å². The molecule has 0 radical (unpaired) electrons. The number of hydrogen-bond donors (Lipinski definition) is 2. The first kappa shape index (κ1) is 23.0. The standard InChI is InChI=1S/C25H32FNO5/c1-24(29)10-13-32-25(23(24)28)8-11-27(12-9-25)16-18-6-7-21(30-2)22(15-18)31-17-19-4-3-5-20(26)14-19/h3-7,14-15,23,28-29H,8-13,16-17H2,1-2H3/t23-,24+/m0/s1. The summed E-state index contributed by atoms with van der Waals surface area (Å²) in [4.78, 5) is 2.31. The Bertz CT molecular complexity index is 926. The van der Waals surface area contributed by atoms with Gasteiger partial charge in [-0.2, -0.15) is 0 Å². The SMILES string of the molecule is COc1ccc(CN2CCC3(CC2)OCC[C@@](C)(O)[C@@H]3O)cc1OCc1cccc(F)c1.